The second kappa shape index (κ2) is 16.5. The molecule has 2 aliphatic heterocycles. The van der Waals surface area contributed by atoms with E-state index in [-0.39, 0.29) is 0 Å². The molecule has 1 N–H and O–H groups in total. The molecule has 2 heterocycles. The molecular formula is C38H54O18. The van der Waals surface area contributed by atoms with Gasteiger partial charge in [-0.25, -0.2) is 0 Å². The molecular weight excluding hydrogens is 744 g/mol. The first-order valence-electron chi connectivity index (χ1n) is 18.1. The third-order valence-electron chi connectivity index (χ3n) is 10.4. The summed E-state index contributed by atoms with van der Waals surface area (Å²) in [6, 6.07) is 0. The summed E-state index contributed by atoms with van der Waals surface area (Å²) in [6.45, 7) is 20.0. The maximum atomic E-state index is 13.6. The van der Waals surface area contributed by atoms with E-state index in [9.17, 15) is 43.5 Å². The van der Waals surface area contributed by atoms with Crippen LogP contribution in [0.1, 0.15) is 96.4 Å². The molecule has 3 fully saturated rings. The monoisotopic (exact) mass is 798 g/mol. The highest BCUT2D eigenvalue weighted by Crippen LogP contribution is 2.62. The summed E-state index contributed by atoms with van der Waals surface area (Å²) in [5.74, 6) is -14.6. The Balaban J connectivity index is 2.75. The lowest BCUT2D eigenvalue weighted by molar-refractivity contribution is -0.334. The quantitative estimate of drug-likeness (QED) is 0.200. The van der Waals surface area contributed by atoms with Gasteiger partial charge in [-0.1, -0.05) is 41.2 Å². The highest BCUT2D eigenvalue weighted by Gasteiger charge is 2.80. The maximum absolute atomic E-state index is 13.6. The van der Waals surface area contributed by atoms with Gasteiger partial charge in [-0.2, -0.15) is 0 Å². The summed E-state index contributed by atoms with van der Waals surface area (Å²) in [5.41, 5.74) is -6.75. The molecule has 1 saturated carbocycles. The number of hydrogen-bond donors (Lipinski definition) is 1. The lowest BCUT2D eigenvalue weighted by Crippen LogP contribution is -2.66. The second-order valence-electron chi connectivity index (χ2n) is 15.8. The zero-order valence-corrected chi connectivity index (χ0v) is 34.1. The Morgan fingerprint density at radius 3 is 1.57 bits per heavy atom. The van der Waals surface area contributed by atoms with Crippen molar-refractivity contribution in [1.29, 1.82) is 0 Å². The Hall–Kier alpha value is -4.58. The van der Waals surface area contributed by atoms with Crippen LogP contribution in [0.5, 0.6) is 0 Å². The third kappa shape index (κ3) is 8.70. The fourth-order valence-corrected chi connectivity index (χ4v) is 8.43. The van der Waals surface area contributed by atoms with Crippen molar-refractivity contribution in [2.24, 2.45) is 23.2 Å². The van der Waals surface area contributed by atoms with Gasteiger partial charge in [0.1, 0.15) is 18.3 Å². The number of carbonyl (C=O) groups excluding carboxylic acids is 8. The highest BCUT2D eigenvalue weighted by molar-refractivity contribution is 5.73. The van der Waals surface area contributed by atoms with Crippen LogP contribution in [0.2, 0.25) is 0 Å². The van der Waals surface area contributed by atoms with E-state index in [1.165, 1.54) is 41.5 Å². The van der Waals surface area contributed by atoms with Crippen LogP contribution in [0.25, 0.3) is 0 Å². The van der Waals surface area contributed by atoms with Crippen LogP contribution in [0.15, 0.2) is 12.2 Å². The minimum Gasteiger partial charge on any atom is -0.459 e. The van der Waals surface area contributed by atoms with Gasteiger partial charge in [0.15, 0.2) is 35.6 Å². The minimum atomic E-state index is -2.85. The van der Waals surface area contributed by atoms with E-state index in [1.807, 2.05) is 0 Å². The van der Waals surface area contributed by atoms with Crippen molar-refractivity contribution in [1.82, 2.24) is 0 Å². The van der Waals surface area contributed by atoms with E-state index in [0.29, 0.717) is 0 Å². The predicted molar refractivity (Wildman–Crippen MR) is 187 cm³/mol. The third-order valence-corrected chi connectivity index (χ3v) is 10.4. The van der Waals surface area contributed by atoms with Gasteiger partial charge in [0.25, 0.3) is 0 Å². The molecule has 0 amide bonds. The van der Waals surface area contributed by atoms with E-state index in [0.717, 1.165) is 48.5 Å². The molecule has 0 spiro atoms. The van der Waals surface area contributed by atoms with Crippen LogP contribution in [-0.2, 0) is 81.0 Å². The van der Waals surface area contributed by atoms with Crippen LogP contribution in [0, 0.1) is 23.2 Å². The van der Waals surface area contributed by atoms with E-state index >= 15 is 0 Å². The fraction of sp³-hybridized carbons (Fsp3) is 0.737. The van der Waals surface area contributed by atoms with Crippen molar-refractivity contribution in [2.75, 3.05) is 0 Å². The molecule has 0 aromatic rings. The van der Waals surface area contributed by atoms with E-state index in [4.69, 9.17) is 42.6 Å². The van der Waals surface area contributed by atoms with Crippen LogP contribution in [0.3, 0.4) is 0 Å². The SMILES string of the molecule is C=C1C(OC(=O)C(C)C)C(OC(C)=O)C(OC(C)=O)C(C)(C)C2OC(O)(C(C)C2OC(C)=O)C2(OC(C)=O)CC(C)(OC(C)=O)C(OC(C)=O)C2C1OC(C)=O. The standard InChI is InChI=1S/C38H54O18/c1-16(2)34(46)53-28-17(3)27(48-19(5)39)26-31(51-22(8)42)36(14,54-24(10)44)15-37(26,55-25(11)45)38(47)18(4)29(49-20(6)40)33(56-38)35(12,13)32(52-23(9)43)30(28)50-21(7)41/h16,18,26-33,47H,3,15H2,1-2,4-14H3. The average Bonchev–Trinajstić information content (AvgIpc) is 3.41. The van der Waals surface area contributed by atoms with Crippen molar-refractivity contribution in [3.8, 4) is 0 Å². The molecule has 3 aliphatic rings. The van der Waals surface area contributed by atoms with Gasteiger partial charge < -0.3 is 47.7 Å². The van der Waals surface area contributed by atoms with Gasteiger partial charge in [0, 0.05) is 65.9 Å². The summed E-state index contributed by atoms with van der Waals surface area (Å²) in [7, 11) is 0. The molecule has 12 atom stereocenters. The van der Waals surface area contributed by atoms with Crippen LogP contribution < -0.4 is 0 Å². The van der Waals surface area contributed by atoms with Crippen molar-refractivity contribution in [3.63, 3.8) is 0 Å². The molecule has 18 heteroatoms. The zero-order chi connectivity index (χ0) is 43.0. The lowest BCUT2D eigenvalue weighted by atomic mass is 9.68. The molecule has 0 radical (unpaired) electrons. The van der Waals surface area contributed by atoms with Gasteiger partial charge in [-0.05, 0) is 6.92 Å². The number of rotatable bonds is 9. The highest BCUT2D eigenvalue weighted by atomic mass is 16.7. The summed E-state index contributed by atoms with van der Waals surface area (Å²) >= 11 is 0. The van der Waals surface area contributed by atoms with E-state index in [2.05, 4.69) is 6.58 Å². The van der Waals surface area contributed by atoms with E-state index in [1.54, 1.807) is 0 Å². The van der Waals surface area contributed by atoms with Crippen molar-refractivity contribution in [3.05, 3.63) is 12.2 Å². The summed E-state index contributed by atoms with van der Waals surface area (Å²) in [5, 5.41) is 13.3. The van der Waals surface area contributed by atoms with Gasteiger partial charge in [0.2, 0.25) is 5.79 Å². The Morgan fingerprint density at radius 1 is 0.661 bits per heavy atom. The van der Waals surface area contributed by atoms with Crippen LogP contribution in [0.4, 0.5) is 0 Å². The molecule has 12 unspecified atom stereocenters. The lowest BCUT2D eigenvalue weighted by Gasteiger charge is -2.49. The first-order chi connectivity index (χ1) is 25.6. The van der Waals surface area contributed by atoms with Crippen molar-refractivity contribution < 1.29 is 86.1 Å². The summed E-state index contributed by atoms with van der Waals surface area (Å²) in [6.07, 6.45) is -13.0. The van der Waals surface area contributed by atoms with Gasteiger partial charge in [-0.3, -0.25) is 38.4 Å². The van der Waals surface area contributed by atoms with E-state index < -0.39 is 143 Å². The average molecular weight is 799 g/mol. The predicted octanol–water partition coefficient (Wildman–Crippen LogP) is 2.18. The smallest absolute Gasteiger partial charge is 0.309 e. The van der Waals surface area contributed by atoms with Gasteiger partial charge >= 0.3 is 47.8 Å². The zero-order valence-electron chi connectivity index (χ0n) is 34.1. The summed E-state index contributed by atoms with van der Waals surface area (Å²) < 4.78 is 53.8. The molecule has 2 bridgehead atoms. The molecule has 0 aromatic heterocycles. The second-order valence-corrected chi connectivity index (χ2v) is 15.8. The molecule has 3 rings (SSSR count). The van der Waals surface area contributed by atoms with Crippen LogP contribution in [-0.4, -0.2) is 113 Å². The molecule has 56 heavy (non-hydrogen) atoms. The Morgan fingerprint density at radius 2 is 1.12 bits per heavy atom. The maximum Gasteiger partial charge on any atom is 0.309 e. The molecule has 1 aliphatic carbocycles. The summed E-state index contributed by atoms with van der Waals surface area (Å²) in [4.78, 5) is 105. The van der Waals surface area contributed by atoms with Crippen molar-refractivity contribution >= 4 is 47.8 Å². The Kier molecular flexibility index (Phi) is 13.5. The molecule has 2 saturated heterocycles. The topological polar surface area (TPSA) is 240 Å². The normalized spacial score (nSPS) is 36.1. The first kappa shape index (κ1) is 45.8. The van der Waals surface area contributed by atoms with Crippen molar-refractivity contribution in [2.45, 2.75) is 156 Å². The molecule has 0 aromatic carbocycles. The fourth-order valence-electron chi connectivity index (χ4n) is 8.43. The minimum absolute atomic E-state index is 0.398. The Bertz CT molecular complexity index is 1630. The number of esters is 8. The number of ether oxygens (including phenoxy) is 9. The van der Waals surface area contributed by atoms with Gasteiger partial charge in [0.05, 0.1) is 17.8 Å². The van der Waals surface area contributed by atoms with Gasteiger partial charge in [-0.15, -0.1) is 0 Å². The molecule has 314 valence electrons. The largest absolute Gasteiger partial charge is 0.459 e. The number of aliphatic hydroxyl groups is 1. The first-order valence-corrected chi connectivity index (χ1v) is 18.1. The molecule has 18 nitrogen and oxygen atoms in total. The number of fused-ring (bicyclic) bond motifs is 4. The number of carbonyl (C=O) groups is 8. The Labute approximate surface area is 325 Å². The van der Waals surface area contributed by atoms with Crippen LogP contribution >= 0.6 is 0 Å². The number of hydrogen-bond acceptors (Lipinski definition) is 18.